The van der Waals surface area contributed by atoms with Crippen LogP contribution in [0.15, 0.2) is 67.0 Å². The lowest BCUT2D eigenvalue weighted by Crippen LogP contribution is -2.37. The molecule has 43 heavy (non-hydrogen) atoms. The van der Waals surface area contributed by atoms with Crippen LogP contribution in [0.1, 0.15) is 54.4 Å². The molecule has 0 bridgehead atoms. The Morgan fingerprint density at radius 3 is 2.70 bits per heavy atom. The minimum absolute atomic E-state index is 0.0311. The highest BCUT2D eigenvalue weighted by Crippen LogP contribution is 2.28. The number of aliphatic hydroxyl groups excluding tert-OH is 2. The fourth-order valence-corrected chi connectivity index (χ4v) is 6.21. The number of pyridine rings is 2. The van der Waals surface area contributed by atoms with Crippen LogP contribution in [-0.2, 0) is 0 Å². The summed E-state index contributed by atoms with van der Waals surface area (Å²) in [6.45, 7) is 0.842. The lowest BCUT2D eigenvalue weighted by molar-refractivity contribution is 0.0924. The number of likely N-dealkylation sites (N-methyl/N-ethyl adjacent to an activating group) is 1. The number of benzene rings is 2. The van der Waals surface area contributed by atoms with E-state index in [2.05, 4.69) is 34.9 Å². The zero-order chi connectivity index (χ0) is 29.8. The minimum Gasteiger partial charge on any atom is -0.395 e. The molecule has 6 rings (SSSR count). The summed E-state index contributed by atoms with van der Waals surface area (Å²) in [5, 5.41) is 29.2. The molecule has 0 unspecified atom stereocenters. The van der Waals surface area contributed by atoms with Crippen molar-refractivity contribution < 1.29 is 15.0 Å². The normalized spacial score (nSPS) is 18.3. The summed E-state index contributed by atoms with van der Waals surface area (Å²) in [5.74, 6) is -0.177. The number of hydrogen-bond acceptors (Lipinski definition) is 7. The van der Waals surface area contributed by atoms with Gasteiger partial charge in [0.1, 0.15) is 0 Å². The van der Waals surface area contributed by atoms with Gasteiger partial charge in [-0.3, -0.25) is 19.7 Å². The number of anilines is 1. The van der Waals surface area contributed by atoms with Crippen molar-refractivity contribution in [1.82, 2.24) is 20.2 Å². The molecule has 2 heterocycles. The molecule has 4 N–H and O–H groups in total. The standard InChI is InChI=1S/C35H39N5O3/c1-40(17-18-41)22-38-35(43)31-14-9-24(20-33(31)39-26-10-12-27(42)13-11-26)34-30-7-4-6-28(29(30)15-16-36-34)25-19-23-5-2-3-8-32(23)37-21-25/h2-3,5,7-9,14-16,19-21,26-27,39,41-42H,4,6,10-13,17-18,22H2,1H3,(H,38,43). The van der Waals surface area contributed by atoms with E-state index in [1.54, 1.807) is 0 Å². The Hall–Kier alpha value is -4.11. The first-order valence-corrected chi connectivity index (χ1v) is 15.2. The van der Waals surface area contributed by atoms with E-state index in [9.17, 15) is 15.0 Å². The van der Waals surface area contributed by atoms with Crippen molar-refractivity contribution in [1.29, 1.82) is 0 Å². The first kappa shape index (κ1) is 29.0. The van der Waals surface area contributed by atoms with Gasteiger partial charge in [0.25, 0.3) is 5.91 Å². The molecule has 0 aliphatic heterocycles. The number of amides is 1. The van der Waals surface area contributed by atoms with Gasteiger partial charge in [-0.2, -0.15) is 0 Å². The summed E-state index contributed by atoms with van der Waals surface area (Å²) >= 11 is 0. The van der Waals surface area contributed by atoms with Gasteiger partial charge in [-0.15, -0.1) is 0 Å². The Morgan fingerprint density at radius 2 is 1.86 bits per heavy atom. The molecular weight excluding hydrogens is 538 g/mol. The van der Waals surface area contributed by atoms with E-state index in [1.165, 1.54) is 5.57 Å². The predicted octanol–water partition coefficient (Wildman–Crippen LogP) is 3.40. The molecule has 2 aliphatic rings. The number of carbonyl (C=O) groups is 1. The zero-order valence-electron chi connectivity index (χ0n) is 24.6. The number of carbonyl (C=O) groups excluding carboxylic acids is 1. The predicted molar refractivity (Wildman–Crippen MR) is 171 cm³/mol. The number of aromatic nitrogens is 2. The molecule has 8 heteroatoms. The highest BCUT2D eigenvalue weighted by Gasteiger charge is 2.22. The van der Waals surface area contributed by atoms with E-state index < -0.39 is 0 Å². The fourth-order valence-electron chi connectivity index (χ4n) is 6.21. The van der Waals surface area contributed by atoms with Crippen LogP contribution >= 0.6 is 0 Å². The Balaban J connectivity index is 1.39. The molecule has 4 aromatic rings. The number of fused-ring (bicyclic) bond motifs is 2. The summed E-state index contributed by atoms with van der Waals surface area (Å²) in [7, 11) is 1.85. The Labute approximate surface area is 251 Å². The number of aliphatic hydroxyl groups is 2. The Kier molecular flexibility index (Phi) is 8.79. The number of nitrogens with zero attached hydrogens (tertiary/aromatic N) is 3. The first-order valence-electron chi connectivity index (χ1n) is 15.2. The van der Waals surface area contributed by atoms with Gasteiger partial charge in [0.15, 0.2) is 0 Å². The van der Waals surface area contributed by atoms with E-state index in [0.29, 0.717) is 18.8 Å². The third-order valence-electron chi connectivity index (χ3n) is 8.58. The summed E-state index contributed by atoms with van der Waals surface area (Å²) < 4.78 is 0. The molecule has 0 radical (unpaired) electrons. The van der Waals surface area contributed by atoms with Crippen LogP contribution in [0, 0.1) is 0 Å². The monoisotopic (exact) mass is 577 g/mol. The quantitative estimate of drug-likeness (QED) is 0.226. The van der Waals surface area contributed by atoms with Crippen molar-refractivity contribution in [2.45, 2.75) is 50.7 Å². The Morgan fingerprint density at radius 1 is 1.02 bits per heavy atom. The van der Waals surface area contributed by atoms with Crippen LogP contribution in [0.25, 0.3) is 33.8 Å². The average Bonchev–Trinajstić information content (AvgIpc) is 3.04. The topological polar surface area (TPSA) is 111 Å². The van der Waals surface area contributed by atoms with Gasteiger partial charge in [-0.1, -0.05) is 30.3 Å². The van der Waals surface area contributed by atoms with Crippen molar-refractivity contribution in [3.8, 4) is 11.3 Å². The molecule has 0 saturated heterocycles. The van der Waals surface area contributed by atoms with Gasteiger partial charge < -0.3 is 20.8 Å². The van der Waals surface area contributed by atoms with Crippen molar-refractivity contribution in [2.75, 3.05) is 32.2 Å². The van der Waals surface area contributed by atoms with Crippen molar-refractivity contribution in [2.24, 2.45) is 0 Å². The second-order valence-corrected chi connectivity index (χ2v) is 11.6. The van der Waals surface area contributed by atoms with Crippen LogP contribution in [0.3, 0.4) is 0 Å². The summed E-state index contributed by atoms with van der Waals surface area (Å²) in [4.78, 5) is 24.7. The van der Waals surface area contributed by atoms with Crippen molar-refractivity contribution in [3.63, 3.8) is 0 Å². The third-order valence-corrected chi connectivity index (χ3v) is 8.58. The highest BCUT2D eigenvalue weighted by atomic mass is 16.3. The van der Waals surface area contributed by atoms with Crippen LogP contribution in [0.5, 0.6) is 0 Å². The van der Waals surface area contributed by atoms with Crippen molar-refractivity contribution in [3.05, 3.63) is 88.6 Å². The van der Waals surface area contributed by atoms with E-state index in [1.807, 2.05) is 60.7 Å². The van der Waals surface area contributed by atoms with Gasteiger partial charge in [-0.25, -0.2) is 0 Å². The molecule has 1 amide bonds. The molecule has 2 aromatic carbocycles. The molecule has 0 spiro atoms. The van der Waals surface area contributed by atoms with Gasteiger partial charge in [0, 0.05) is 46.8 Å². The second kappa shape index (κ2) is 13.0. The summed E-state index contributed by atoms with van der Waals surface area (Å²) in [6, 6.07) is 18.6. The SMILES string of the molecule is CN(CCO)CNC(=O)c1ccc(-c2nccc3c2=CCCC=3c2cnc3ccccc3c2)cc1NC1CCC(O)CC1. The number of hydrogen-bond donors (Lipinski definition) is 4. The molecule has 1 fully saturated rings. The van der Waals surface area contributed by atoms with E-state index in [4.69, 9.17) is 9.97 Å². The van der Waals surface area contributed by atoms with Gasteiger partial charge in [0.2, 0.25) is 0 Å². The lowest BCUT2D eigenvalue weighted by atomic mass is 9.91. The number of rotatable bonds is 9. The van der Waals surface area contributed by atoms with E-state index >= 15 is 0 Å². The van der Waals surface area contributed by atoms with Crippen LogP contribution < -0.4 is 21.1 Å². The van der Waals surface area contributed by atoms with Gasteiger partial charge >= 0.3 is 0 Å². The maximum absolute atomic E-state index is 13.3. The average molecular weight is 578 g/mol. The van der Waals surface area contributed by atoms with Crippen LogP contribution in [-0.4, -0.2) is 70.0 Å². The van der Waals surface area contributed by atoms with E-state index in [-0.39, 0.29) is 24.7 Å². The van der Waals surface area contributed by atoms with Crippen LogP contribution in [0.2, 0.25) is 0 Å². The zero-order valence-corrected chi connectivity index (χ0v) is 24.6. The summed E-state index contributed by atoms with van der Waals surface area (Å²) in [6.07, 6.45) is 10.9. The van der Waals surface area contributed by atoms with Crippen LogP contribution in [0.4, 0.5) is 5.69 Å². The Bertz CT molecular complexity index is 1750. The second-order valence-electron chi connectivity index (χ2n) is 11.6. The third kappa shape index (κ3) is 6.46. The molecule has 8 nitrogen and oxygen atoms in total. The fraction of sp³-hybridized carbons (Fsp3) is 0.343. The number of nitrogens with one attached hydrogen (secondary N) is 2. The molecular formula is C35H39N5O3. The molecule has 0 atom stereocenters. The maximum atomic E-state index is 13.3. The maximum Gasteiger partial charge on any atom is 0.254 e. The van der Waals surface area contributed by atoms with Gasteiger partial charge in [0.05, 0.1) is 36.2 Å². The number of para-hydroxylation sites is 1. The molecule has 2 aromatic heterocycles. The summed E-state index contributed by atoms with van der Waals surface area (Å²) in [5.41, 5.74) is 6.54. The first-order chi connectivity index (χ1) is 21.0. The van der Waals surface area contributed by atoms with Gasteiger partial charge in [-0.05, 0) is 92.3 Å². The largest absolute Gasteiger partial charge is 0.395 e. The smallest absolute Gasteiger partial charge is 0.254 e. The van der Waals surface area contributed by atoms with E-state index in [0.717, 1.165) is 82.4 Å². The van der Waals surface area contributed by atoms with Crippen molar-refractivity contribution >= 4 is 34.1 Å². The minimum atomic E-state index is -0.256. The molecule has 2 aliphatic carbocycles. The molecule has 222 valence electrons. The molecule has 1 saturated carbocycles. The lowest BCUT2D eigenvalue weighted by Gasteiger charge is -2.28. The highest BCUT2D eigenvalue weighted by molar-refractivity contribution is 6.00.